The monoisotopic (exact) mass is 306 g/mol. The Kier molecular flexibility index (Phi) is 4.08. The molecule has 0 aliphatic carbocycles. The van der Waals surface area contributed by atoms with Crippen LogP contribution in [0.2, 0.25) is 0 Å². The number of hydrogen-bond acceptors (Lipinski definition) is 3. The average Bonchev–Trinajstić information content (AvgIpc) is 2.85. The highest BCUT2D eigenvalue weighted by Gasteiger charge is 2.39. The topological polar surface area (TPSA) is 86.1 Å². The molecule has 0 bridgehead atoms. The second-order valence-corrected chi connectivity index (χ2v) is 5.20. The third kappa shape index (κ3) is 2.67. The molecule has 0 saturated carbocycles. The molecule has 0 N–H and O–H groups in total. The molecule has 0 aromatic heterocycles. The summed E-state index contributed by atoms with van der Waals surface area (Å²) in [4.78, 5) is 29.3. The Labute approximate surface area is 133 Å². The normalized spacial score (nSPS) is 14.3. The smallest absolute Gasteiger partial charge is 0.262 e. The maximum Gasteiger partial charge on any atom is 0.262 e. The number of hydrogen-bond donors (Lipinski definition) is 0. The maximum absolute atomic E-state index is 12.7. The third-order valence-electron chi connectivity index (χ3n) is 3.89. The van der Waals surface area contributed by atoms with Gasteiger partial charge in [0.1, 0.15) is 0 Å². The van der Waals surface area contributed by atoms with Crippen molar-refractivity contribution < 1.29 is 9.59 Å². The number of benzene rings is 2. The van der Waals surface area contributed by atoms with Crippen LogP contribution in [-0.4, -0.2) is 23.3 Å². The van der Waals surface area contributed by atoms with E-state index in [0.29, 0.717) is 17.5 Å². The van der Waals surface area contributed by atoms with Gasteiger partial charge in [0.15, 0.2) is 0 Å². The highest BCUT2D eigenvalue weighted by atomic mass is 16.2. The zero-order valence-corrected chi connectivity index (χ0v) is 12.3. The molecular weight excluding hydrogens is 292 g/mol. The maximum atomic E-state index is 12.7. The molecule has 0 spiro atoms. The van der Waals surface area contributed by atoms with E-state index in [0.717, 1.165) is 5.56 Å². The Morgan fingerprint density at radius 1 is 0.957 bits per heavy atom. The van der Waals surface area contributed by atoms with Gasteiger partial charge in [-0.1, -0.05) is 47.6 Å². The molecule has 23 heavy (non-hydrogen) atoms. The number of nitrogens with zero attached hydrogens (tertiary/aromatic N) is 4. The Morgan fingerprint density at radius 3 is 2.09 bits per heavy atom. The SMILES string of the molecule is [N-]=[N+]=NCCC(c1ccccc1)N1C(=O)c2ccccc2C1=O. The highest BCUT2D eigenvalue weighted by Crippen LogP contribution is 2.33. The molecule has 1 aliphatic heterocycles. The van der Waals surface area contributed by atoms with E-state index < -0.39 is 6.04 Å². The lowest BCUT2D eigenvalue weighted by Crippen LogP contribution is -2.34. The summed E-state index contributed by atoms with van der Waals surface area (Å²) in [5.74, 6) is -0.610. The van der Waals surface area contributed by atoms with Gasteiger partial charge in [-0.3, -0.25) is 14.5 Å². The van der Waals surface area contributed by atoms with Crippen molar-refractivity contribution in [2.75, 3.05) is 6.54 Å². The van der Waals surface area contributed by atoms with Crippen LogP contribution in [0, 0.1) is 0 Å². The molecule has 2 amide bonds. The molecule has 1 aliphatic rings. The molecule has 1 atom stereocenters. The van der Waals surface area contributed by atoms with Crippen molar-refractivity contribution in [2.45, 2.75) is 12.5 Å². The lowest BCUT2D eigenvalue weighted by Gasteiger charge is -2.26. The number of carbonyl (C=O) groups excluding carboxylic acids is 2. The molecule has 114 valence electrons. The van der Waals surface area contributed by atoms with Crippen LogP contribution < -0.4 is 0 Å². The van der Waals surface area contributed by atoms with Crippen LogP contribution in [0.3, 0.4) is 0 Å². The summed E-state index contributed by atoms with van der Waals surface area (Å²) in [5, 5.41) is 3.54. The van der Waals surface area contributed by atoms with Crippen LogP contribution in [0.1, 0.15) is 38.7 Å². The predicted molar refractivity (Wildman–Crippen MR) is 84.8 cm³/mol. The first-order valence-electron chi connectivity index (χ1n) is 7.26. The minimum atomic E-state index is -0.450. The Hall–Kier alpha value is -3.11. The molecule has 2 aromatic rings. The number of imide groups is 1. The van der Waals surface area contributed by atoms with Crippen LogP contribution >= 0.6 is 0 Å². The molecule has 3 rings (SSSR count). The lowest BCUT2D eigenvalue weighted by molar-refractivity contribution is 0.0576. The van der Waals surface area contributed by atoms with E-state index >= 15 is 0 Å². The number of azide groups is 1. The van der Waals surface area contributed by atoms with Crippen molar-refractivity contribution in [1.82, 2.24) is 4.90 Å². The van der Waals surface area contributed by atoms with Gasteiger partial charge in [-0.2, -0.15) is 0 Å². The number of fused-ring (bicyclic) bond motifs is 1. The number of rotatable bonds is 5. The van der Waals surface area contributed by atoms with E-state index in [2.05, 4.69) is 10.0 Å². The third-order valence-corrected chi connectivity index (χ3v) is 3.89. The van der Waals surface area contributed by atoms with Crippen molar-refractivity contribution in [1.29, 1.82) is 0 Å². The van der Waals surface area contributed by atoms with E-state index in [-0.39, 0.29) is 18.4 Å². The van der Waals surface area contributed by atoms with E-state index in [9.17, 15) is 9.59 Å². The van der Waals surface area contributed by atoms with E-state index in [1.54, 1.807) is 24.3 Å². The van der Waals surface area contributed by atoms with Crippen LogP contribution in [0.4, 0.5) is 0 Å². The van der Waals surface area contributed by atoms with Crippen molar-refractivity contribution in [3.63, 3.8) is 0 Å². The number of carbonyl (C=O) groups is 2. The van der Waals surface area contributed by atoms with Crippen LogP contribution in [0.5, 0.6) is 0 Å². The second kappa shape index (κ2) is 6.34. The van der Waals surface area contributed by atoms with Crippen LogP contribution in [0.15, 0.2) is 59.7 Å². The van der Waals surface area contributed by atoms with Crippen molar-refractivity contribution >= 4 is 11.8 Å². The first kappa shape index (κ1) is 14.8. The summed E-state index contributed by atoms with van der Waals surface area (Å²) >= 11 is 0. The fourth-order valence-corrected chi connectivity index (χ4v) is 2.84. The lowest BCUT2D eigenvalue weighted by atomic mass is 10.0. The molecule has 0 fully saturated rings. The molecular formula is C17H14N4O2. The van der Waals surface area contributed by atoms with E-state index in [1.807, 2.05) is 30.3 Å². The molecule has 0 saturated heterocycles. The van der Waals surface area contributed by atoms with Crippen LogP contribution in [-0.2, 0) is 0 Å². The van der Waals surface area contributed by atoms with Gasteiger partial charge in [-0.25, -0.2) is 0 Å². The van der Waals surface area contributed by atoms with Crippen molar-refractivity contribution in [3.8, 4) is 0 Å². The Balaban J connectivity index is 1.99. The van der Waals surface area contributed by atoms with Crippen LogP contribution in [0.25, 0.3) is 10.4 Å². The summed E-state index contributed by atoms with van der Waals surface area (Å²) in [5.41, 5.74) is 10.2. The second-order valence-electron chi connectivity index (χ2n) is 5.20. The summed E-state index contributed by atoms with van der Waals surface area (Å²) in [6.07, 6.45) is 0.388. The van der Waals surface area contributed by atoms with Gasteiger partial charge < -0.3 is 0 Å². The molecule has 2 aromatic carbocycles. The van der Waals surface area contributed by atoms with Gasteiger partial charge in [0, 0.05) is 11.5 Å². The Morgan fingerprint density at radius 2 is 1.52 bits per heavy atom. The van der Waals surface area contributed by atoms with Gasteiger partial charge in [0.25, 0.3) is 11.8 Å². The molecule has 1 heterocycles. The largest absolute Gasteiger partial charge is 0.269 e. The minimum absolute atomic E-state index is 0.212. The fourth-order valence-electron chi connectivity index (χ4n) is 2.84. The first-order valence-corrected chi connectivity index (χ1v) is 7.26. The average molecular weight is 306 g/mol. The van der Waals surface area contributed by atoms with Gasteiger partial charge in [0.05, 0.1) is 17.2 Å². The van der Waals surface area contributed by atoms with Crippen molar-refractivity contribution in [2.24, 2.45) is 5.11 Å². The summed E-state index contributed by atoms with van der Waals surface area (Å²) in [7, 11) is 0. The van der Waals surface area contributed by atoms with Gasteiger partial charge in [-0.05, 0) is 29.6 Å². The minimum Gasteiger partial charge on any atom is -0.269 e. The molecule has 0 radical (unpaired) electrons. The molecule has 6 heteroatoms. The molecule has 1 unspecified atom stereocenters. The number of amides is 2. The highest BCUT2D eigenvalue weighted by molar-refractivity contribution is 6.21. The van der Waals surface area contributed by atoms with Gasteiger partial charge >= 0.3 is 0 Å². The molecule has 6 nitrogen and oxygen atoms in total. The zero-order chi connectivity index (χ0) is 16.2. The quantitative estimate of drug-likeness (QED) is 0.365. The first-order chi connectivity index (χ1) is 11.2. The summed E-state index contributed by atoms with van der Waals surface area (Å²) < 4.78 is 0. The standard InChI is InChI=1S/C17H14N4O2/c18-20-19-11-10-15(12-6-2-1-3-7-12)21-16(22)13-8-4-5-9-14(13)17(21)23/h1-9,15H,10-11H2. The fraction of sp³-hybridized carbons (Fsp3) is 0.176. The summed E-state index contributed by atoms with van der Waals surface area (Å²) in [6, 6.07) is 15.7. The zero-order valence-electron chi connectivity index (χ0n) is 12.3. The van der Waals surface area contributed by atoms with E-state index in [1.165, 1.54) is 4.90 Å². The summed E-state index contributed by atoms with van der Waals surface area (Å²) in [6.45, 7) is 0.212. The Bertz CT molecular complexity index is 762. The van der Waals surface area contributed by atoms with Gasteiger partial charge in [0.2, 0.25) is 0 Å². The van der Waals surface area contributed by atoms with Gasteiger partial charge in [-0.15, -0.1) is 0 Å². The van der Waals surface area contributed by atoms with Crippen molar-refractivity contribution in [3.05, 3.63) is 81.7 Å². The predicted octanol–water partition coefficient (Wildman–Crippen LogP) is 3.72. The van der Waals surface area contributed by atoms with E-state index in [4.69, 9.17) is 5.53 Å².